The molecule has 0 radical (unpaired) electrons. The second kappa shape index (κ2) is 5.76. The first-order valence-electron chi connectivity index (χ1n) is 6.09. The molecule has 21 heavy (non-hydrogen) atoms. The Morgan fingerprint density at radius 3 is 2.86 bits per heavy atom. The molecule has 0 aliphatic rings. The van der Waals surface area contributed by atoms with Crippen molar-refractivity contribution in [3.63, 3.8) is 0 Å². The molecule has 3 N–H and O–H groups in total. The Hall–Kier alpha value is -2.67. The molecule has 2 aromatic heterocycles. The van der Waals surface area contributed by atoms with Crippen LogP contribution in [0.3, 0.4) is 0 Å². The molecule has 0 atom stereocenters. The van der Waals surface area contributed by atoms with E-state index < -0.39 is 0 Å². The third-order valence-electron chi connectivity index (χ3n) is 2.85. The summed E-state index contributed by atoms with van der Waals surface area (Å²) in [5.41, 5.74) is 7.07. The highest BCUT2D eigenvalue weighted by atomic mass is 32.2. The number of oxime groups is 1. The number of rotatable bonds is 3. The van der Waals surface area contributed by atoms with Crippen LogP contribution < -0.4 is 5.73 Å². The Bertz CT molecular complexity index is 816. The maximum absolute atomic E-state index is 8.73. The van der Waals surface area contributed by atoms with E-state index in [0.29, 0.717) is 10.6 Å². The van der Waals surface area contributed by atoms with Crippen molar-refractivity contribution in [2.45, 2.75) is 10.1 Å². The molecule has 0 amide bonds. The first kappa shape index (κ1) is 13.3. The molecular weight excluding hydrogens is 286 g/mol. The van der Waals surface area contributed by atoms with Gasteiger partial charge in [-0.1, -0.05) is 23.4 Å². The summed E-state index contributed by atoms with van der Waals surface area (Å²) < 4.78 is 0. The molecule has 1 aromatic carbocycles. The zero-order valence-electron chi connectivity index (χ0n) is 10.8. The van der Waals surface area contributed by atoms with Gasteiger partial charge in [0.1, 0.15) is 16.4 Å². The number of amidine groups is 1. The number of nitrogens with two attached hydrogens (primary N) is 1. The van der Waals surface area contributed by atoms with Gasteiger partial charge in [0.25, 0.3) is 0 Å². The third kappa shape index (κ3) is 2.77. The van der Waals surface area contributed by atoms with E-state index in [1.54, 1.807) is 18.3 Å². The van der Waals surface area contributed by atoms with Gasteiger partial charge >= 0.3 is 0 Å². The molecule has 0 saturated carbocycles. The van der Waals surface area contributed by atoms with Crippen LogP contribution in [0.1, 0.15) is 5.56 Å². The number of aromatic nitrogens is 3. The Kier molecular flexibility index (Phi) is 3.65. The van der Waals surface area contributed by atoms with Gasteiger partial charge in [-0.3, -0.25) is 0 Å². The lowest BCUT2D eigenvalue weighted by molar-refractivity contribution is 0.318. The van der Waals surface area contributed by atoms with Gasteiger partial charge in [0.2, 0.25) is 0 Å². The predicted molar refractivity (Wildman–Crippen MR) is 80.4 cm³/mol. The molecule has 3 rings (SSSR count). The average Bonchev–Trinajstić information content (AvgIpc) is 2.55. The van der Waals surface area contributed by atoms with E-state index in [9.17, 15) is 0 Å². The summed E-state index contributed by atoms with van der Waals surface area (Å²) in [6, 6.07) is 11.2. The number of hydrogen-bond donors (Lipinski definition) is 2. The second-order valence-corrected chi connectivity index (χ2v) is 5.18. The van der Waals surface area contributed by atoms with Crippen LogP contribution in [-0.4, -0.2) is 26.0 Å². The molecule has 0 saturated heterocycles. The fourth-order valence-corrected chi connectivity index (χ4v) is 2.72. The van der Waals surface area contributed by atoms with Crippen LogP contribution in [0.5, 0.6) is 0 Å². The first-order chi connectivity index (χ1) is 10.3. The zero-order chi connectivity index (χ0) is 14.7. The number of para-hydroxylation sites is 1. The van der Waals surface area contributed by atoms with Crippen LogP contribution in [0.15, 0.2) is 64.1 Å². The minimum absolute atomic E-state index is 0.0480. The van der Waals surface area contributed by atoms with E-state index >= 15 is 0 Å². The lowest BCUT2D eigenvalue weighted by Gasteiger charge is -2.05. The van der Waals surface area contributed by atoms with Gasteiger partial charge in [-0.25, -0.2) is 15.0 Å². The van der Waals surface area contributed by atoms with Crippen LogP contribution in [-0.2, 0) is 0 Å². The summed E-state index contributed by atoms with van der Waals surface area (Å²) in [5, 5.41) is 14.2. The van der Waals surface area contributed by atoms with Crippen molar-refractivity contribution in [2.24, 2.45) is 10.9 Å². The largest absolute Gasteiger partial charge is 0.409 e. The van der Waals surface area contributed by atoms with Gasteiger partial charge in [-0.15, -0.1) is 0 Å². The summed E-state index contributed by atoms with van der Waals surface area (Å²) in [6.45, 7) is 0. The lowest BCUT2D eigenvalue weighted by atomic mass is 10.2. The molecule has 0 unspecified atom stereocenters. The molecule has 104 valence electrons. The van der Waals surface area contributed by atoms with Crippen LogP contribution in [0.25, 0.3) is 10.9 Å². The summed E-state index contributed by atoms with van der Waals surface area (Å²) in [7, 11) is 0. The quantitative estimate of drug-likeness (QED) is 0.253. The summed E-state index contributed by atoms with van der Waals surface area (Å²) in [6.07, 6.45) is 3.14. The standard InChI is InChI=1S/C14H11N5OS/c15-13(19-20)9-5-6-16-12(7-9)21-14-10-3-1-2-4-11(10)17-8-18-14/h1-8,20H,(H2,15,19). The predicted octanol–water partition coefficient (Wildman–Crippen LogP) is 2.27. The fraction of sp³-hybridized carbons (Fsp3) is 0. The van der Waals surface area contributed by atoms with E-state index in [4.69, 9.17) is 10.9 Å². The topological polar surface area (TPSA) is 97.3 Å². The van der Waals surface area contributed by atoms with Crippen molar-refractivity contribution in [3.05, 3.63) is 54.5 Å². The molecule has 2 heterocycles. The van der Waals surface area contributed by atoms with Crippen molar-refractivity contribution >= 4 is 28.5 Å². The van der Waals surface area contributed by atoms with Gasteiger partial charge in [0.05, 0.1) is 5.52 Å². The number of benzene rings is 1. The number of fused-ring (bicyclic) bond motifs is 1. The third-order valence-corrected chi connectivity index (χ3v) is 3.80. The number of pyridine rings is 1. The average molecular weight is 297 g/mol. The summed E-state index contributed by atoms with van der Waals surface area (Å²) in [4.78, 5) is 12.8. The summed E-state index contributed by atoms with van der Waals surface area (Å²) >= 11 is 1.40. The summed E-state index contributed by atoms with van der Waals surface area (Å²) in [5.74, 6) is 0.0480. The van der Waals surface area contributed by atoms with Crippen LogP contribution in [0, 0.1) is 0 Å². The SMILES string of the molecule is N/C(=N\O)c1ccnc(Sc2ncnc3ccccc23)c1. The van der Waals surface area contributed by atoms with Crippen LogP contribution in [0.4, 0.5) is 0 Å². The van der Waals surface area contributed by atoms with Crippen molar-refractivity contribution in [1.82, 2.24) is 15.0 Å². The van der Waals surface area contributed by atoms with Gasteiger partial charge < -0.3 is 10.9 Å². The molecule has 0 bridgehead atoms. The Morgan fingerprint density at radius 2 is 2.00 bits per heavy atom. The maximum atomic E-state index is 8.73. The van der Waals surface area contributed by atoms with Crippen LogP contribution >= 0.6 is 11.8 Å². The fourth-order valence-electron chi connectivity index (χ4n) is 1.84. The first-order valence-corrected chi connectivity index (χ1v) is 6.91. The molecule has 0 aliphatic carbocycles. The number of hydrogen-bond acceptors (Lipinski definition) is 6. The highest BCUT2D eigenvalue weighted by Crippen LogP contribution is 2.29. The van der Waals surface area contributed by atoms with Gasteiger partial charge in [0, 0.05) is 17.1 Å². The van der Waals surface area contributed by atoms with Crippen molar-refractivity contribution in [3.8, 4) is 0 Å². The molecule has 0 spiro atoms. The molecule has 6 nitrogen and oxygen atoms in total. The van der Waals surface area contributed by atoms with E-state index in [1.807, 2.05) is 24.3 Å². The Labute approximate surface area is 124 Å². The van der Waals surface area contributed by atoms with Crippen molar-refractivity contribution < 1.29 is 5.21 Å². The highest BCUT2D eigenvalue weighted by Gasteiger charge is 2.08. The van der Waals surface area contributed by atoms with E-state index in [2.05, 4.69) is 20.1 Å². The van der Waals surface area contributed by atoms with E-state index in [-0.39, 0.29) is 5.84 Å². The van der Waals surface area contributed by atoms with Crippen LogP contribution in [0.2, 0.25) is 0 Å². The van der Waals surface area contributed by atoms with Crippen molar-refractivity contribution in [2.75, 3.05) is 0 Å². The van der Waals surface area contributed by atoms with Crippen molar-refractivity contribution in [1.29, 1.82) is 0 Å². The lowest BCUT2D eigenvalue weighted by Crippen LogP contribution is -2.13. The smallest absolute Gasteiger partial charge is 0.170 e. The van der Waals surface area contributed by atoms with Gasteiger partial charge in [-0.05, 0) is 30.0 Å². The molecule has 0 fully saturated rings. The molecule has 3 aromatic rings. The van der Waals surface area contributed by atoms with E-state index in [0.717, 1.165) is 15.9 Å². The Balaban J connectivity index is 1.99. The maximum Gasteiger partial charge on any atom is 0.170 e. The molecular formula is C14H11N5OS. The van der Waals surface area contributed by atoms with E-state index in [1.165, 1.54) is 18.1 Å². The zero-order valence-corrected chi connectivity index (χ0v) is 11.7. The van der Waals surface area contributed by atoms with Gasteiger partial charge in [0.15, 0.2) is 5.84 Å². The van der Waals surface area contributed by atoms with Gasteiger partial charge in [-0.2, -0.15) is 0 Å². The monoisotopic (exact) mass is 297 g/mol. The minimum atomic E-state index is 0.0480. The minimum Gasteiger partial charge on any atom is -0.409 e. The second-order valence-electron chi connectivity index (χ2n) is 4.17. The highest BCUT2D eigenvalue weighted by molar-refractivity contribution is 7.99. The molecule has 7 heteroatoms. The Morgan fingerprint density at radius 1 is 1.14 bits per heavy atom. The number of nitrogens with zero attached hydrogens (tertiary/aromatic N) is 4. The molecule has 0 aliphatic heterocycles. The normalized spacial score (nSPS) is 11.7.